The third kappa shape index (κ3) is 2.42. The summed E-state index contributed by atoms with van der Waals surface area (Å²) < 4.78 is 2.07. The van der Waals surface area contributed by atoms with E-state index in [-0.39, 0.29) is 0 Å². The van der Waals surface area contributed by atoms with Crippen molar-refractivity contribution in [3.63, 3.8) is 0 Å². The molecular weight excluding hydrogens is 220 g/mol. The molecule has 0 fully saturated rings. The average Bonchev–Trinajstić information content (AvgIpc) is 2.76. The zero-order valence-corrected chi connectivity index (χ0v) is 10.6. The maximum absolute atomic E-state index is 5.61. The predicted molar refractivity (Wildman–Crippen MR) is 67.7 cm³/mol. The van der Waals surface area contributed by atoms with E-state index in [1.807, 2.05) is 11.6 Å². The zero-order chi connectivity index (χ0) is 11.5. The predicted octanol–water partition coefficient (Wildman–Crippen LogP) is 1.56. The van der Waals surface area contributed by atoms with Gasteiger partial charge in [0.1, 0.15) is 0 Å². The van der Waals surface area contributed by atoms with Crippen molar-refractivity contribution in [1.82, 2.24) is 14.3 Å². The molecule has 0 radical (unpaired) electrons. The van der Waals surface area contributed by atoms with Gasteiger partial charge in [-0.1, -0.05) is 0 Å². The molecule has 0 atom stereocenters. The molecule has 2 aromatic rings. The fourth-order valence-electron chi connectivity index (χ4n) is 1.75. The first-order valence-electron chi connectivity index (χ1n) is 5.56. The Kier molecular flexibility index (Phi) is 3.58. The topological polar surface area (TPSA) is 46.6 Å². The number of thiazole rings is 1. The zero-order valence-electron chi connectivity index (χ0n) is 9.76. The molecule has 88 valence electrons. The van der Waals surface area contributed by atoms with Crippen LogP contribution in [0.25, 0.3) is 4.96 Å². The molecule has 0 aromatic carbocycles. The molecule has 0 saturated carbocycles. The highest BCUT2D eigenvalue weighted by atomic mass is 32.1. The van der Waals surface area contributed by atoms with Crippen LogP contribution in [0.2, 0.25) is 0 Å². The molecule has 0 aliphatic rings. The van der Waals surface area contributed by atoms with Crippen LogP contribution in [-0.2, 0) is 6.54 Å². The Balaban J connectivity index is 2.10. The third-order valence-corrected chi connectivity index (χ3v) is 3.43. The molecule has 5 heteroatoms. The smallest absolute Gasteiger partial charge is 0.193 e. The number of fused-ring (bicyclic) bond motifs is 1. The van der Waals surface area contributed by atoms with Gasteiger partial charge in [-0.15, -0.1) is 11.3 Å². The van der Waals surface area contributed by atoms with E-state index in [4.69, 9.17) is 5.73 Å². The largest absolute Gasteiger partial charge is 0.329 e. The van der Waals surface area contributed by atoms with Crippen molar-refractivity contribution in [3.05, 3.63) is 23.5 Å². The lowest BCUT2D eigenvalue weighted by Gasteiger charge is -2.24. The van der Waals surface area contributed by atoms with Crippen molar-refractivity contribution in [2.75, 3.05) is 13.1 Å². The molecule has 0 unspecified atom stereocenters. The highest BCUT2D eigenvalue weighted by Gasteiger charge is 2.11. The van der Waals surface area contributed by atoms with E-state index in [0.717, 1.165) is 23.7 Å². The second kappa shape index (κ2) is 4.95. The summed E-state index contributed by atoms with van der Waals surface area (Å²) in [6, 6.07) is 0.503. The summed E-state index contributed by atoms with van der Waals surface area (Å²) in [6.07, 6.45) is 4.14. The molecule has 2 rings (SSSR count). The summed E-state index contributed by atoms with van der Waals surface area (Å²) in [5, 5.41) is 2.05. The molecular formula is C11H18N4S. The molecule has 2 aromatic heterocycles. The average molecular weight is 238 g/mol. The molecule has 0 amide bonds. The van der Waals surface area contributed by atoms with E-state index in [0.29, 0.717) is 12.6 Å². The lowest BCUT2D eigenvalue weighted by atomic mass is 10.3. The number of imidazole rings is 1. The highest BCUT2D eigenvalue weighted by Crippen LogP contribution is 2.13. The van der Waals surface area contributed by atoms with Gasteiger partial charge in [0.2, 0.25) is 0 Å². The van der Waals surface area contributed by atoms with E-state index in [9.17, 15) is 0 Å². The molecule has 0 spiro atoms. The molecule has 0 bridgehead atoms. The molecule has 2 N–H and O–H groups in total. The maximum Gasteiger partial charge on any atom is 0.193 e. The van der Waals surface area contributed by atoms with E-state index in [2.05, 4.69) is 34.3 Å². The lowest BCUT2D eigenvalue weighted by molar-refractivity contribution is 0.217. The van der Waals surface area contributed by atoms with Gasteiger partial charge in [0, 0.05) is 43.4 Å². The Labute approximate surface area is 99.7 Å². The normalized spacial score (nSPS) is 12.1. The van der Waals surface area contributed by atoms with Gasteiger partial charge in [-0.25, -0.2) is 4.98 Å². The monoisotopic (exact) mass is 238 g/mol. The van der Waals surface area contributed by atoms with Crippen molar-refractivity contribution in [2.24, 2.45) is 5.73 Å². The SMILES string of the molecule is CC(C)N(CCN)Cc1cn2ccsc2n1. The number of hydrogen-bond donors (Lipinski definition) is 1. The second-order valence-electron chi connectivity index (χ2n) is 4.18. The summed E-state index contributed by atoms with van der Waals surface area (Å²) in [7, 11) is 0. The molecule has 16 heavy (non-hydrogen) atoms. The van der Waals surface area contributed by atoms with Gasteiger partial charge in [0.15, 0.2) is 4.96 Å². The quantitative estimate of drug-likeness (QED) is 0.860. The van der Waals surface area contributed by atoms with E-state index >= 15 is 0 Å². The first-order valence-corrected chi connectivity index (χ1v) is 6.44. The fourth-order valence-corrected chi connectivity index (χ4v) is 2.46. The number of nitrogens with zero attached hydrogens (tertiary/aromatic N) is 3. The van der Waals surface area contributed by atoms with E-state index in [1.165, 1.54) is 0 Å². The van der Waals surface area contributed by atoms with Crippen molar-refractivity contribution in [3.8, 4) is 0 Å². The van der Waals surface area contributed by atoms with E-state index < -0.39 is 0 Å². The van der Waals surface area contributed by atoms with Crippen molar-refractivity contribution < 1.29 is 0 Å². The van der Waals surface area contributed by atoms with Gasteiger partial charge in [0.25, 0.3) is 0 Å². The minimum absolute atomic E-state index is 0.503. The van der Waals surface area contributed by atoms with Crippen molar-refractivity contribution in [2.45, 2.75) is 26.4 Å². The Hall–Kier alpha value is -0.910. The third-order valence-electron chi connectivity index (χ3n) is 2.65. The Morgan fingerprint density at radius 1 is 1.56 bits per heavy atom. The van der Waals surface area contributed by atoms with Crippen molar-refractivity contribution >= 4 is 16.3 Å². The van der Waals surface area contributed by atoms with Crippen LogP contribution in [0, 0.1) is 0 Å². The number of nitrogens with two attached hydrogens (primary N) is 1. The minimum Gasteiger partial charge on any atom is -0.329 e. The standard InChI is InChI=1S/C11H18N4S/c1-9(2)14(4-3-12)7-10-8-15-5-6-16-11(15)13-10/h5-6,8-9H,3-4,7,12H2,1-2H3. The molecule has 0 aliphatic heterocycles. The van der Waals surface area contributed by atoms with Gasteiger partial charge in [-0.2, -0.15) is 0 Å². The Morgan fingerprint density at radius 3 is 3.00 bits per heavy atom. The van der Waals surface area contributed by atoms with Crippen LogP contribution in [0.15, 0.2) is 17.8 Å². The van der Waals surface area contributed by atoms with E-state index in [1.54, 1.807) is 11.3 Å². The number of rotatable bonds is 5. The van der Waals surface area contributed by atoms with Gasteiger partial charge in [0.05, 0.1) is 5.69 Å². The maximum atomic E-state index is 5.61. The first-order chi connectivity index (χ1) is 7.70. The minimum atomic E-state index is 0.503. The van der Waals surface area contributed by atoms with Crippen LogP contribution < -0.4 is 5.73 Å². The molecule has 4 nitrogen and oxygen atoms in total. The van der Waals surface area contributed by atoms with Crippen LogP contribution in [0.4, 0.5) is 0 Å². The lowest BCUT2D eigenvalue weighted by Crippen LogP contribution is -2.34. The summed E-state index contributed by atoms with van der Waals surface area (Å²) in [6.45, 7) is 6.87. The Bertz CT molecular complexity index is 417. The molecule has 2 heterocycles. The highest BCUT2D eigenvalue weighted by molar-refractivity contribution is 7.15. The summed E-state index contributed by atoms with van der Waals surface area (Å²) in [5.74, 6) is 0. The van der Waals surface area contributed by atoms with Gasteiger partial charge in [-0.05, 0) is 13.8 Å². The number of aromatic nitrogens is 2. The van der Waals surface area contributed by atoms with Gasteiger partial charge in [-0.3, -0.25) is 9.30 Å². The summed E-state index contributed by atoms with van der Waals surface area (Å²) >= 11 is 1.67. The van der Waals surface area contributed by atoms with Crippen LogP contribution in [-0.4, -0.2) is 33.4 Å². The molecule has 0 saturated heterocycles. The summed E-state index contributed by atoms with van der Waals surface area (Å²) in [4.78, 5) is 7.98. The first kappa shape index (κ1) is 11.6. The van der Waals surface area contributed by atoms with Crippen LogP contribution >= 0.6 is 11.3 Å². The molecule has 0 aliphatic carbocycles. The number of hydrogen-bond acceptors (Lipinski definition) is 4. The van der Waals surface area contributed by atoms with Crippen LogP contribution in [0.1, 0.15) is 19.5 Å². The van der Waals surface area contributed by atoms with Crippen molar-refractivity contribution in [1.29, 1.82) is 0 Å². The van der Waals surface area contributed by atoms with Crippen LogP contribution in [0.3, 0.4) is 0 Å². The fraction of sp³-hybridized carbons (Fsp3) is 0.545. The van der Waals surface area contributed by atoms with Gasteiger partial charge >= 0.3 is 0 Å². The summed E-state index contributed by atoms with van der Waals surface area (Å²) in [5.41, 5.74) is 6.73. The van der Waals surface area contributed by atoms with Crippen LogP contribution in [0.5, 0.6) is 0 Å². The second-order valence-corrected chi connectivity index (χ2v) is 5.05. The van der Waals surface area contributed by atoms with Gasteiger partial charge < -0.3 is 5.73 Å². The Morgan fingerprint density at radius 2 is 2.38 bits per heavy atom.